The van der Waals surface area contributed by atoms with Crippen LogP contribution in [0, 0.1) is 0 Å². The number of halogens is 1. The first-order valence-electron chi connectivity index (χ1n) is 8.66. The summed E-state index contributed by atoms with van der Waals surface area (Å²) in [5, 5.41) is 7.16. The quantitative estimate of drug-likeness (QED) is 0.625. The van der Waals surface area contributed by atoms with Crippen molar-refractivity contribution < 1.29 is 18.8 Å². The number of hydrogen-bond donors (Lipinski definition) is 1. The first-order chi connectivity index (χ1) is 13.5. The highest BCUT2D eigenvalue weighted by molar-refractivity contribution is 6.31. The summed E-state index contributed by atoms with van der Waals surface area (Å²) in [4.78, 5) is 16.5. The lowest BCUT2D eigenvalue weighted by molar-refractivity contribution is -0.118. The van der Waals surface area contributed by atoms with E-state index in [0.717, 1.165) is 5.56 Å². The Morgan fingerprint density at radius 2 is 1.96 bits per heavy atom. The maximum Gasteiger partial charge on any atom is 0.262 e. The Balaban J connectivity index is 1.59. The van der Waals surface area contributed by atoms with Crippen molar-refractivity contribution in [1.82, 2.24) is 10.1 Å². The SMILES string of the molecule is COc1ccc(Cl)cc1NC(=O)COc1ccc(-c2nc(C(C)C)no2)cc1. The van der Waals surface area contributed by atoms with Crippen molar-refractivity contribution >= 4 is 23.2 Å². The zero-order valence-electron chi connectivity index (χ0n) is 15.7. The fraction of sp³-hybridized carbons (Fsp3) is 0.250. The Bertz CT molecular complexity index is 954. The van der Waals surface area contributed by atoms with Gasteiger partial charge in [0.05, 0.1) is 12.8 Å². The van der Waals surface area contributed by atoms with Gasteiger partial charge in [0.25, 0.3) is 11.8 Å². The molecular weight excluding hydrogens is 382 g/mol. The highest BCUT2D eigenvalue weighted by atomic mass is 35.5. The van der Waals surface area contributed by atoms with Gasteiger partial charge in [0.2, 0.25) is 0 Å². The summed E-state index contributed by atoms with van der Waals surface area (Å²) in [7, 11) is 1.52. The molecule has 0 bridgehead atoms. The molecule has 0 saturated heterocycles. The predicted molar refractivity (Wildman–Crippen MR) is 106 cm³/mol. The highest BCUT2D eigenvalue weighted by Crippen LogP contribution is 2.27. The van der Waals surface area contributed by atoms with E-state index in [1.54, 1.807) is 42.5 Å². The molecule has 1 heterocycles. The number of nitrogens with zero attached hydrogens (tertiary/aromatic N) is 2. The highest BCUT2D eigenvalue weighted by Gasteiger charge is 2.12. The number of hydrogen-bond acceptors (Lipinski definition) is 6. The van der Waals surface area contributed by atoms with Crippen molar-refractivity contribution in [2.75, 3.05) is 19.0 Å². The maximum absolute atomic E-state index is 12.2. The lowest BCUT2D eigenvalue weighted by atomic mass is 10.2. The summed E-state index contributed by atoms with van der Waals surface area (Å²) < 4.78 is 16.0. The summed E-state index contributed by atoms with van der Waals surface area (Å²) in [6.07, 6.45) is 0. The average molecular weight is 402 g/mol. The largest absolute Gasteiger partial charge is 0.495 e. The van der Waals surface area contributed by atoms with Gasteiger partial charge in [0, 0.05) is 16.5 Å². The number of carbonyl (C=O) groups is 1. The number of methoxy groups -OCH3 is 1. The molecule has 0 aliphatic rings. The molecule has 0 fully saturated rings. The number of anilines is 1. The van der Waals surface area contributed by atoms with Crippen LogP contribution < -0.4 is 14.8 Å². The van der Waals surface area contributed by atoms with Crippen LogP contribution in [0.5, 0.6) is 11.5 Å². The molecule has 8 heteroatoms. The molecule has 1 aromatic heterocycles. The second-order valence-electron chi connectivity index (χ2n) is 6.32. The van der Waals surface area contributed by atoms with Crippen LogP contribution in [-0.2, 0) is 4.79 Å². The molecule has 28 heavy (non-hydrogen) atoms. The lowest BCUT2D eigenvalue weighted by Crippen LogP contribution is -2.20. The molecule has 0 spiro atoms. The van der Waals surface area contributed by atoms with Crippen molar-refractivity contribution in [3.05, 3.63) is 53.3 Å². The molecule has 0 aliphatic carbocycles. The number of aromatic nitrogens is 2. The van der Waals surface area contributed by atoms with Crippen molar-refractivity contribution in [3.63, 3.8) is 0 Å². The van der Waals surface area contributed by atoms with Gasteiger partial charge in [-0.1, -0.05) is 30.6 Å². The van der Waals surface area contributed by atoms with Gasteiger partial charge in [-0.3, -0.25) is 4.79 Å². The molecule has 0 atom stereocenters. The first kappa shape index (κ1) is 19.7. The Kier molecular flexibility index (Phi) is 6.16. The third kappa shape index (κ3) is 4.80. The van der Waals surface area contributed by atoms with Crippen molar-refractivity contribution in [2.45, 2.75) is 19.8 Å². The van der Waals surface area contributed by atoms with Gasteiger partial charge in [0.15, 0.2) is 12.4 Å². The molecule has 0 aliphatic heterocycles. The van der Waals surface area contributed by atoms with Crippen molar-refractivity contribution in [3.8, 4) is 23.0 Å². The zero-order chi connectivity index (χ0) is 20.1. The summed E-state index contributed by atoms with van der Waals surface area (Å²) in [5.41, 5.74) is 1.26. The molecule has 0 radical (unpaired) electrons. The number of nitrogens with one attached hydrogen (secondary N) is 1. The molecule has 2 aromatic carbocycles. The Labute approximate surface area is 167 Å². The predicted octanol–water partition coefficient (Wildman–Crippen LogP) is 4.54. The van der Waals surface area contributed by atoms with Crippen LogP contribution in [0.25, 0.3) is 11.5 Å². The van der Waals surface area contributed by atoms with E-state index in [2.05, 4.69) is 15.5 Å². The van der Waals surface area contributed by atoms with Crippen LogP contribution in [0.15, 0.2) is 47.0 Å². The fourth-order valence-electron chi connectivity index (χ4n) is 2.39. The average Bonchev–Trinajstić information content (AvgIpc) is 3.17. The Morgan fingerprint density at radius 3 is 2.61 bits per heavy atom. The summed E-state index contributed by atoms with van der Waals surface area (Å²) in [6, 6.07) is 12.0. The van der Waals surface area contributed by atoms with E-state index in [0.29, 0.717) is 33.9 Å². The van der Waals surface area contributed by atoms with Crippen LogP contribution in [0.1, 0.15) is 25.6 Å². The number of ether oxygens (including phenoxy) is 2. The Hall–Kier alpha value is -3.06. The molecule has 3 rings (SSSR count). The van der Waals surface area contributed by atoms with Crippen LogP contribution in [0.2, 0.25) is 5.02 Å². The molecule has 1 amide bonds. The van der Waals surface area contributed by atoms with E-state index >= 15 is 0 Å². The number of benzene rings is 2. The number of amides is 1. The van der Waals surface area contributed by atoms with Gasteiger partial charge >= 0.3 is 0 Å². The number of carbonyl (C=O) groups excluding carboxylic acids is 1. The molecule has 3 aromatic rings. The van der Waals surface area contributed by atoms with E-state index < -0.39 is 0 Å². The summed E-state index contributed by atoms with van der Waals surface area (Å²) in [5.74, 6) is 2.02. The van der Waals surface area contributed by atoms with Gasteiger partial charge in [-0.25, -0.2) is 0 Å². The summed E-state index contributed by atoms with van der Waals surface area (Å²) in [6.45, 7) is 3.83. The molecule has 146 valence electrons. The molecule has 1 N–H and O–H groups in total. The van der Waals surface area contributed by atoms with Crippen LogP contribution >= 0.6 is 11.6 Å². The third-order valence-electron chi connectivity index (χ3n) is 3.86. The minimum Gasteiger partial charge on any atom is -0.495 e. The van der Waals surface area contributed by atoms with Crippen LogP contribution in [0.4, 0.5) is 5.69 Å². The van der Waals surface area contributed by atoms with Gasteiger partial charge in [0.1, 0.15) is 11.5 Å². The Morgan fingerprint density at radius 1 is 1.21 bits per heavy atom. The van der Waals surface area contributed by atoms with E-state index in [4.69, 9.17) is 25.6 Å². The lowest BCUT2D eigenvalue weighted by Gasteiger charge is -2.11. The standard InChI is InChI=1S/C20H20ClN3O4/c1-12(2)19-23-20(28-24-19)13-4-7-15(8-5-13)27-11-18(25)22-16-10-14(21)6-9-17(16)26-3/h4-10,12H,11H2,1-3H3,(H,22,25). The second kappa shape index (κ2) is 8.75. The smallest absolute Gasteiger partial charge is 0.262 e. The topological polar surface area (TPSA) is 86.5 Å². The molecule has 0 saturated carbocycles. The van der Waals surface area contributed by atoms with Crippen molar-refractivity contribution in [2.24, 2.45) is 0 Å². The van der Waals surface area contributed by atoms with Crippen LogP contribution in [-0.4, -0.2) is 29.8 Å². The van der Waals surface area contributed by atoms with E-state index in [-0.39, 0.29) is 18.4 Å². The first-order valence-corrected chi connectivity index (χ1v) is 9.04. The minimum atomic E-state index is -0.330. The van der Waals surface area contributed by atoms with E-state index in [9.17, 15) is 4.79 Å². The maximum atomic E-state index is 12.2. The molecular formula is C20H20ClN3O4. The van der Waals surface area contributed by atoms with Crippen LogP contribution in [0.3, 0.4) is 0 Å². The normalized spacial score (nSPS) is 10.8. The van der Waals surface area contributed by atoms with E-state index in [1.807, 2.05) is 13.8 Å². The van der Waals surface area contributed by atoms with Crippen molar-refractivity contribution in [1.29, 1.82) is 0 Å². The van der Waals surface area contributed by atoms with Gasteiger partial charge in [-0.05, 0) is 42.5 Å². The zero-order valence-corrected chi connectivity index (χ0v) is 16.5. The van der Waals surface area contributed by atoms with Gasteiger partial charge in [-0.15, -0.1) is 0 Å². The monoisotopic (exact) mass is 401 g/mol. The summed E-state index contributed by atoms with van der Waals surface area (Å²) >= 11 is 5.96. The third-order valence-corrected chi connectivity index (χ3v) is 4.10. The molecule has 0 unspecified atom stereocenters. The number of rotatable bonds is 7. The van der Waals surface area contributed by atoms with Gasteiger partial charge in [-0.2, -0.15) is 4.98 Å². The minimum absolute atomic E-state index is 0.160. The fourth-order valence-corrected chi connectivity index (χ4v) is 2.57. The van der Waals surface area contributed by atoms with Gasteiger partial charge < -0.3 is 19.3 Å². The second-order valence-corrected chi connectivity index (χ2v) is 6.75. The molecule has 7 nitrogen and oxygen atoms in total. The van der Waals surface area contributed by atoms with E-state index in [1.165, 1.54) is 7.11 Å².